The Hall–Kier alpha value is -1.78. The predicted octanol–water partition coefficient (Wildman–Crippen LogP) is 0.0921. The fourth-order valence-corrected chi connectivity index (χ4v) is 0.979. The summed E-state index contributed by atoms with van der Waals surface area (Å²) in [4.78, 5) is 22.0. The number of carboxylic acid groups (broad SMARTS) is 1. The van der Waals surface area contributed by atoms with Crippen LogP contribution in [0.2, 0.25) is 0 Å². The molecule has 0 aliphatic heterocycles. The second-order valence-corrected chi connectivity index (χ2v) is 2.48. The summed E-state index contributed by atoms with van der Waals surface area (Å²) >= 11 is 0. The van der Waals surface area contributed by atoms with Crippen LogP contribution in [0.15, 0.2) is 17.1 Å². The van der Waals surface area contributed by atoms with Gasteiger partial charge >= 0.3 is 5.97 Å². The van der Waals surface area contributed by atoms with Gasteiger partial charge in [-0.1, -0.05) is 0 Å². The fraction of sp³-hybridized carbons (Fsp3) is 0.250. The summed E-state index contributed by atoms with van der Waals surface area (Å²) in [6.07, 6.45) is 1.45. The molecular weight excluding hydrogens is 174 g/mol. The zero-order chi connectivity index (χ0) is 10.0. The molecule has 1 aromatic heterocycles. The fourth-order valence-electron chi connectivity index (χ4n) is 0.979. The van der Waals surface area contributed by atoms with Crippen LogP contribution >= 0.6 is 0 Å². The molecule has 0 aliphatic rings. The highest BCUT2D eigenvalue weighted by Gasteiger charge is 2.16. The third kappa shape index (κ3) is 1.53. The van der Waals surface area contributed by atoms with Gasteiger partial charge in [-0.2, -0.15) is 0 Å². The van der Waals surface area contributed by atoms with Gasteiger partial charge in [0, 0.05) is 13.2 Å². The molecule has 0 radical (unpaired) electrons. The van der Waals surface area contributed by atoms with E-state index < -0.39 is 11.5 Å². The third-order valence-electron chi connectivity index (χ3n) is 1.66. The lowest BCUT2D eigenvalue weighted by Gasteiger charge is -2.04. The molecule has 0 spiro atoms. The van der Waals surface area contributed by atoms with Crippen molar-refractivity contribution in [1.82, 2.24) is 4.57 Å². The van der Waals surface area contributed by atoms with E-state index in [1.54, 1.807) is 0 Å². The van der Waals surface area contributed by atoms with Gasteiger partial charge in [-0.3, -0.25) is 4.79 Å². The van der Waals surface area contributed by atoms with E-state index in [1.807, 2.05) is 0 Å². The Bertz CT molecular complexity index is 394. The van der Waals surface area contributed by atoms with E-state index in [1.165, 1.54) is 31.0 Å². The third-order valence-corrected chi connectivity index (χ3v) is 1.66. The maximum atomic E-state index is 11.3. The van der Waals surface area contributed by atoms with Crippen molar-refractivity contribution >= 4 is 5.97 Å². The monoisotopic (exact) mass is 183 g/mol. The number of carbonyl (C=O) groups is 1. The number of hydrogen-bond donors (Lipinski definition) is 1. The molecule has 0 saturated heterocycles. The van der Waals surface area contributed by atoms with E-state index in [4.69, 9.17) is 9.84 Å². The van der Waals surface area contributed by atoms with E-state index in [-0.39, 0.29) is 11.3 Å². The van der Waals surface area contributed by atoms with Gasteiger partial charge in [0.15, 0.2) is 5.56 Å². The summed E-state index contributed by atoms with van der Waals surface area (Å²) in [5.41, 5.74) is -0.917. The highest BCUT2D eigenvalue weighted by molar-refractivity contribution is 5.90. The zero-order valence-electron chi connectivity index (χ0n) is 7.27. The van der Waals surface area contributed by atoms with Crippen LogP contribution in [0.3, 0.4) is 0 Å². The van der Waals surface area contributed by atoms with Crippen molar-refractivity contribution in [3.05, 3.63) is 28.2 Å². The second kappa shape index (κ2) is 3.30. The van der Waals surface area contributed by atoms with Gasteiger partial charge in [-0.15, -0.1) is 0 Å². The lowest BCUT2D eigenvalue weighted by molar-refractivity contribution is 0.0690. The minimum Gasteiger partial charge on any atom is -0.496 e. The number of hydrogen-bond acceptors (Lipinski definition) is 3. The van der Waals surface area contributed by atoms with Crippen molar-refractivity contribution in [2.24, 2.45) is 7.05 Å². The average molecular weight is 183 g/mol. The van der Waals surface area contributed by atoms with Gasteiger partial charge in [-0.05, 0) is 6.07 Å². The molecule has 0 bridgehead atoms. The van der Waals surface area contributed by atoms with Crippen LogP contribution in [-0.4, -0.2) is 22.8 Å². The molecular formula is C8H9NO4. The van der Waals surface area contributed by atoms with Crippen molar-refractivity contribution in [2.75, 3.05) is 7.11 Å². The number of ether oxygens (including phenoxy) is 1. The first kappa shape index (κ1) is 9.31. The SMILES string of the molecule is COc1ccn(C)c(=O)c1C(=O)O. The van der Waals surface area contributed by atoms with Crippen LogP contribution in [0.25, 0.3) is 0 Å². The smallest absolute Gasteiger partial charge is 0.345 e. The normalized spacial score (nSPS) is 9.69. The maximum Gasteiger partial charge on any atom is 0.345 e. The quantitative estimate of drug-likeness (QED) is 0.705. The van der Waals surface area contributed by atoms with Crippen LogP contribution in [0.1, 0.15) is 10.4 Å². The number of carboxylic acids is 1. The number of nitrogens with zero attached hydrogens (tertiary/aromatic N) is 1. The Morgan fingerprint density at radius 2 is 2.23 bits per heavy atom. The lowest BCUT2D eigenvalue weighted by atomic mass is 10.2. The Labute approximate surface area is 74.2 Å². The number of aromatic nitrogens is 1. The van der Waals surface area contributed by atoms with Crippen molar-refractivity contribution < 1.29 is 14.6 Å². The first-order chi connectivity index (χ1) is 6.07. The molecule has 70 valence electrons. The first-order valence-corrected chi connectivity index (χ1v) is 3.55. The molecule has 0 unspecified atom stereocenters. The molecule has 0 saturated carbocycles. The topological polar surface area (TPSA) is 68.5 Å². The standard InChI is InChI=1S/C8H9NO4/c1-9-4-3-5(13-2)6(7(9)10)8(11)12/h3-4H,1-2H3,(H,11,12). The van der Waals surface area contributed by atoms with Gasteiger partial charge in [-0.25, -0.2) is 4.79 Å². The molecule has 13 heavy (non-hydrogen) atoms. The molecule has 0 fully saturated rings. The summed E-state index contributed by atoms with van der Waals surface area (Å²) in [6.45, 7) is 0. The number of pyridine rings is 1. The van der Waals surface area contributed by atoms with E-state index in [0.717, 1.165) is 0 Å². The van der Waals surface area contributed by atoms with Crippen LogP contribution in [0.4, 0.5) is 0 Å². The highest BCUT2D eigenvalue weighted by Crippen LogP contribution is 2.12. The lowest BCUT2D eigenvalue weighted by Crippen LogP contribution is -2.24. The average Bonchev–Trinajstić information content (AvgIpc) is 2.08. The molecule has 0 atom stereocenters. The van der Waals surface area contributed by atoms with Crippen LogP contribution in [0.5, 0.6) is 5.75 Å². The van der Waals surface area contributed by atoms with Gasteiger partial charge < -0.3 is 14.4 Å². The maximum absolute atomic E-state index is 11.3. The van der Waals surface area contributed by atoms with Crippen molar-refractivity contribution in [2.45, 2.75) is 0 Å². The minimum atomic E-state index is -1.28. The van der Waals surface area contributed by atoms with Gasteiger partial charge in [0.25, 0.3) is 5.56 Å². The molecule has 5 heteroatoms. The Balaban J connectivity index is 3.51. The molecule has 5 nitrogen and oxygen atoms in total. The van der Waals surface area contributed by atoms with E-state index in [0.29, 0.717) is 0 Å². The minimum absolute atomic E-state index is 0.0793. The number of rotatable bonds is 2. The molecule has 1 heterocycles. The predicted molar refractivity (Wildman–Crippen MR) is 45.2 cm³/mol. The van der Waals surface area contributed by atoms with E-state index >= 15 is 0 Å². The summed E-state index contributed by atoms with van der Waals surface area (Å²) in [7, 11) is 2.80. The molecule has 0 aromatic carbocycles. The summed E-state index contributed by atoms with van der Waals surface area (Å²) < 4.78 is 5.93. The van der Waals surface area contributed by atoms with Crippen LogP contribution in [0, 0.1) is 0 Å². The largest absolute Gasteiger partial charge is 0.496 e. The number of aromatic carboxylic acids is 1. The first-order valence-electron chi connectivity index (χ1n) is 3.55. The van der Waals surface area contributed by atoms with Crippen LogP contribution < -0.4 is 10.3 Å². The summed E-state index contributed by atoms with van der Waals surface area (Å²) in [6, 6.07) is 1.44. The van der Waals surface area contributed by atoms with Gasteiger partial charge in [0.1, 0.15) is 5.75 Å². The molecule has 1 aromatic rings. The second-order valence-electron chi connectivity index (χ2n) is 2.48. The van der Waals surface area contributed by atoms with Crippen molar-refractivity contribution in [3.63, 3.8) is 0 Å². The zero-order valence-corrected chi connectivity index (χ0v) is 7.27. The van der Waals surface area contributed by atoms with Crippen molar-refractivity contribution in [3.8, 4) is 5.75 Å². The van der Waals surface area contributed by atoms with E-state index in [9.17, 15) is 9.59 Å². The molecule has 1 rings (SSSR count). The van der Waals surface area contributed by atoms with Gasteiger partial charge in [0.2, 0.25) is 0 Å². The Morgan fingerprint density at radius 1 is 1.62 bits per heavy atom. The van der Waals surface area contributed by atoms with E-state index in [2.05, 4.69) is 0 Å². The number of methoxy groups -OCH3 is 1. The summed E-state index contributed by atoms with van der Waals surface area (Å²) in [5.74, 6) is -1.20. The van der Waals surface area contributed by atoms with Crippen molar-refractivity contribution in [1.29, 1.82) is 0 Å². The molecule has 0 amide bonds. The number of aryl methyl sites for hydroxylation is 1. The Morgan fingerprint density at radius 3 is 2.69 bits per heavy atom. The molecule has 0 aliphatic carbocycles. The van der Waals surface area contributed by atoms with Crippen LogP contribution in [-0.2, 0) is 7.05 Å². The van der Waals surface area contributed by atoms with Gasteiger partial charge in [0.05, 0.1) is 7.11 Å². The highest BCUT2D eigenvalue weighted by atomic mass is 16.5. The summed E-state index contributed by atoms with van der Waals surface area (Å²) in [5, 5.41) is 8.71. The molecule has 1 N–H and O–H groups in total. The Kier molecular flexibility index (Phi) is 2.36.